The number of rotatable bonds is 3. The topological polar surface area (TPSA) is 89.7 Å². The van der Waals surface area contributed by atoms with Gasteiger partial charge in [0.05, 0.1) is 6.20 Å². The van der Waals surface area contributed by atoms with Crippen molar-refractivity contribution in [1.29, 1.82) is 0 Å². The van der Waals surface area contributed by atoms with E-state index in [-0.39, 0.29) is 5.95 Å². The summed E-state index contributed by atoms with van der Waals surface area (Å²) in [5, 5.41) is 7.41. The van der Waals surface area contributed by atoms with Gasteiger partial charge in [0.1, 0.15) is 11.1 Å². The van der Waals surface area contributed by atoms with Gasteiger partial charge in [-0.2, -0.15) is 15.1 Å². The minimum Gasteiger partial charge on any atom is -0.438 e. The van der Waals surface area contributed by atoms with Gasteiger partial charge in [0, 0.05) is 0 Å². The smallest absolute Gasteiger partial charge is 0.235 e. The van der Waals surface area contributed by atoms with Crippen LogP contribution in [0.3, 0.4) is 0 Å². The average molecular weight is 269 g/mol. The van der Waals surface area contributed by atoms with Crippen LogP contribution in [-0.2, 0) is 0 Å². The first kappa shape index (κ1) is 12.4. The van der Waals surface area contributed by atoms with Crippen LogP contribution in [0.2, 0.25) is 0 Å². The minimum absolute atomic E-state index is 0.152. The predicted molar refractivity (Wildman–Crippen MR) is 76.7 cm³/mol. The van der Waals surface area contributed by atoms with Crippen molar-refractivity contribution in [3.05, 3.63) is 36.0 Å². The van der Waals surface area contributed by atoms with Crippen LogP contribution in [0, 0.1) is 0 Å². The molecular weight excluding hydrogens is 254 g/mol. The quantitative estimate of drug-likeness (QED) is 0.763. The van der Waals surface area contributed by atoms with Crippen LogP contribution in [0.15, 0.2) is 30.5 Å². The molecule has 20 heavy (non-hydrogen) atoms. The lowest BCUT2D eigenvalue weighted by atomic mass is 10.0. The van der Waals surface area contributed by atoms with Gasteiger partial charge in [0.15, 0.2) is 5.65 Å². The largest absolute Gasteiger partial charge is 0.438 e. The first-order valence-electron chi connectivity index (χ1n) is 6.38. The first-order valence-corrected chi connectivity index (χ1v) is 6.38. The molecule has 0 saturated carbocycles. The number of H-pyrrole nitrogens is 1. The van der Waals surface area contributed by atoms with E-state index in [0.29, 0.717) is 22.8 Å². The number of nitrogens with two attached hydrogens (primary N) is 1. The van der Waals surface area contributed by atoms with Gasteiger partial charge < -0.3 is 10.5 Å². The first-order chi connectivity index (χ1) is 9.65. The van der Waals surface area contributed by atoms with Crippen molar-refractivity contribution >= 4 is 17.0 Å². The van der Waals surface area contributed by atoms with Crippen LogP contribution in [0.25, 0.3) is 11.0 Å². The molecule has 0 amide bonds. The monoisotopic (exact) mass is 269 g/mol. The molecule has 3 aromatic rings. The van der Waals surface area contributed by atoms with E-state index in [4.69, 9.17) is 10.5 Å². The maximum atomic E-state index is 5.93. The lowest BCUT2D eigenvalue weighted by Crippen LogP contribution is -2.00. The maximum Gasteiger partial charge on any atom is 0.235 e. The fraction of sp³-hybridized carbons (Fsp3) is 0.214. The summed E-state index contributed by atoms with van der Waals surface area (Å²) in [6, 6.07) is 7.87. The third-order valence-corrected chi connectivity index (χ3v) is 3.04. The molecule has 3 N–H and O–H groups in total. The molecular formula is C14H15N5O. The van der Waals surface area contributed by atoms with Crippen LogP contribution >= 0.6 is 0 Å². The molecule has 1 aromatic carbocycles. The number of anilines is 1. The number of nitrogens with zero attached hydrogens (tertiary/aromatic N) is 3. The second kappa shape index (κ2) is 4.80. The number of nitrogens with one attached hydrogen (secondary N) is 1. The van der Waals surface area contributed by atoms with Crippen molar-refractivity contribution in [2.45, 2.75) is 19.8 Å². The van der Waals surface area contributed by atoms with Crippen molar-refractivity contribution < 1.29 is 4.74 Å². The SMILES string of the molecule is CC(C)c1ccccc1Oc1nc(N)nc2[nH]ncc12. The molecule has 102 valence electrons. The zero-order valence-electron chi connectivity index (χ0n) is 11.3. The third kappa shape index (κ3) is 2.16. The molecule has 6 nitrogen and oxygen atoms in total. The fourth-order valence-corrected chi connectivity index (χ4v) is 2.06. The maximum absolute atomic E-state index is 5.93. The molecule has 0 fully saturated rings. The Bertz CT molecular complexity index is 750. The van der Waals surface area contributed by atoms with Crippen molar-refractivity contribution in [2.75, 3.05) is 5.73 Å². The summed E-state index contributed by atoms with van der Waals surface area (Å²) in [4.78, 5) is 8.22. The molecule has 0 aliphatic heterocycles. The molecule has 0 radical (unpaired) electrons. The number of nitrogen functional groups attached to an aromatic ring is 1. The van der Waals surface area contributed by atoms with Gasteiger partial charge in [-0.15, -0.1) is 0 Å². The summed E-state index contributed by atoms with van der Waals surface area (Å²) in [5.74, 6) is 1.68. The standard InChI is InChI=1S/C14H15N5O/c1-8(2)9-5-3-4-6-11(9)20-13-10-7-16-19-12(10)17-14(15)18-13/h3-8H,1-2H3,(H3,15,16,17,18,19). The number of hydrogen-bond donors (Lipinski definition) is 2. The lowest BCUT2D eigenvalue weighted by molar-refractivity contribution is 0.460. The molecule has 0 saturated heterocycles. The average Bonchev–Trinajstić information content (AvgIpc) is 2.87. The van der Waals surface area contributed by atoms with Crippen LogP contribution < -0.4 is 10.5 Å². The van der Waals surface area contributed by atoms with Crippen molar-refractivity contribution in [2.24, 2.45) is 0 Å². The molecule has 0 unspecified atom stereocenters. The molecule has 6 heteroatoms. The van der Waals surface area contributed by atoms with Gasteiger partial charge >= 0.3 is 0 Å². The number of aromatic nitrogens is 4. The van der Waals surface area contributed by atoms with Gasteiger partial charge in [0.2, 0.25) is 11.8 Å². The Labute approximate surface area is 116 Å². The minimum atomic E-state index is 0.152. The highest BCUT2D eigenvalue weighted by molar-refractivity contribution is 5.80. The highest BCUT2D eigenvalue weighted by atomic mass is 16.5. The summed E-state index contributed by atoms with van der Waals surface area (Å²) in [6.07, 6.45) is 1.63. The Morgan fingerprint density at radius 3 is 2.80 bits per heavy atom. The van der Waals surface area contributed by atoms with E-state index in [0.717, 1.165) is 11.3 Å². The van der Waals surface area contributed by atoms with E-state index in [1.807, 2.05) is 24.3 Å². The highest BCUT2D eigenvalue weighted by Gasteiger charge is 2.13. The number of para-hydroxylation sites is 1. The summed E-state index contributed by atoms with van der Waals surface area (Å²) in [6.45, 7) is 4.23. The van der Waals surface area contributed by atoms with E-state index in [2.05, 4.69) is 34.0 Å². The van der Waals surface area contributed by atoms with Crippen LogP contribution in [0.1, 0.15) is 25.3 Å². The summed E-state index contributed by atoms with van der Waals surface area (Å²) in [7, 11) is 0. The zero-order valence-corrected chi connectivity index (χ0v) is 11.3. The molecule has 3 rings (SSSR count). The van der Waals surface area contributed by atoms with Crippen LogP contribution in [-0.4, -0.2) is 20.2 Å². The number of ether oxygens (including phenoxy) is 1. The van der Waals surface area contributed by atoms with E-state index in [9.17, 15) is 0 Å². The van der Waals surface area contributed by atoms with Crippen molar-refractivity contribution in [1.82, 2.24) is 20.2 Å². The van der Waals surface area contributed by atoms with Gasteiger partial charge in [-0.3, -0.25) is 5.10 Å². The Morgan fingerprint density at radius 1 is 1.20 bits per heavy atom. The number of hydrogen-bond acceptors (Lipinski definition) is 5. The predicted octanol–water partition coefficient (Wildman–Crippen LogP) is 2.85. The van der Waals surface area contributed by atoms with Crippen molar-refractivity contribution in [3.8, 4) is 11.6 Å². The van der Waals surface area contributed by atoms with Gasteiger partial charge in [-0.05, 0) is 17.5 Å². The molecule has 0 spiro atoms. The van der Waals surface area contributed by atoms with Gasteiger partial charge in [-0.1, -0.05) is 32.0 Å². The summed E-state index contributed by atoms with van der Waals surface area (Å²) >= 11 is 0. The summed E-state index contributed by atoms with van der Waals surface area (Å²) in [5.41, 5.74) is 7.36. The Kier molecular flexibility index (Phi) is 2.98. The molecule has 2 heterocycles. The van der Waals surface area contributed by atoms with Crippen molar-refractivity contribution in [3.63, 3.8) is 0 Å². The Hall–Kier alpha value is -2.63. The second-order valence-electron chi connectivity index (χ2n) is 4.81. The normalized spacial score (nSPS) is 11.2. The zero-order chi connectivity index (χ0) is 14.1. The molecule has 0 atom stereocenters. The second-order valence-corrected chi connectivity index (χ2v) is 4.81. The molecule has 2 aromatic heterocycles. The van der Waals surface area contributed by atoms with Gasteiger partial charge in [-0.25, -0.2) is 0 Å². The Balaban J connectivity index is 2.08. The molecule has 0 bridgehead atoms. The Morgan fingerprint density at radius 2 is 2.00 bits per heavy atom. The van der Waals surface area contributed by atoms with Gasteiger partial charge in [0.25, 0.3) is 0 Å². The van der Waals surface area contributed by atoms with E-state index < -0.39 is 0 Å². The number of aromatic amines is 1. The van der Waals surface area contributed by atoms with Crippen LogP contribution in [0.5, 0.6) is 11.6 Å². The molecule has 0 aliphatic rings. The van der Waals surface area contributed by atoms with E-state index in [1.165, 1.54) is 0 Å². The fourth-order valence-electron chi connectivity index (χ4n) is 2.06. The lowest BCUT2D eigenvalue weighted by Gasteiger charge is -2.13. The van der Waals surface area contributed by atoms with E-state index >= 15 is 0 Å². The van der Waals surface area contributed by atoms with Crippen LogP contribution in [0.4, 0.5) is 5.95 Å². The van der Waals surface area contributed by atoms with E-state index in [1.54, 1.807) is 6.20 Å². The molecule has 0 aliphatic carbocycles. The number of benzene rings is 1. The third-order valence-electron chi connectivity index (χ3n) is 3.04. The summed E-state index contributed by atoms with van der Waals surface area (Å²) < 4.78 is 5.93. The highest BCUT2D eigenvalue weighted by Crippen LogP contribution is 2.32. The number of fused-ring (bicyclic) bond motifs is 1.